The fourth-order valence-electron chi connectivity index (χ4n) is 2.61. The summed E-state index contributed by atoms with van der Waals surface area (Å²) >= 11 is 0. The lowest BCUT2D eigenvalue weighted by atomic mass is 10.0. The zero-order chi connectivity index (χ0) is 14.7. The van der Waals surface area contributed by atoms with Crippen molar-refractivity contribution >= 4 is 10.9 Å². The number of aromatic nitrogens is 3. The van der Waals surface area contributed by atoms with E-state index in [1.165, 1.54) is 16.5 Å². The third-order valence-electron chi connectivity index (χ3n) is 3.81. The second-order valence-corrected chi connectivity index (χ2v) is 5.34. The minimum atomic E-state index is 0.206. The molecule has 108 valence electrons. The average molecular weight is 280 g/mol. The van der Waals surface area contributed by atoms with Gasteiger partial charge in [0.15, 0.2) is 0 Å². The molecule has 0 radical (unpaired) electrons. The van der Waals surface area contributed by atoms with E-state index in [1.54, 1.807) is 12.4 Å². The minimum absolute atomic E-state index is 0.206. The predicted octanol–water partition coefficient (Wildman–Crippen LogP) is 2.76. The maximum atomic E-state index is 6.12. The second-order valence-electron chi connectivity index (χ2n) is 5.34. The van der Waals surface area contributed by atoms with Gasteiger partial charge in [-0.3, -0.25) is 0 Å². The van der Waals surface area contributed by atoms with Crippen LogP contribution >= 0.6 is 0 Å². The van der Waals surface area contributed by atoms with Crippen molar-refractivity contribution in [2.45, 2.75) is 32.4 Å². The maximum Gasteiger partial charge on any atom is 0.147 e. The number of rotatable bonds is 5. The smallest absolute Gasteiger partial charge is 0.147 e. The van der Waals surface area contributed by atoms with Crippen molar-refractivity contribution in [2.75, 3.05) is 0 Å². The van der Waals surface area contributed by atoms with Crippen molar-refractivity contribution in [2.24, 2.45) is 5.73 Å². The zero-order valence-electron chi connectivity index (χ0n) is 12.2. The summed E-state index contributed by atoms with van der Waals surface area (Å²) in [6.07, 6.45) is 7.64. The Hall–Kier alpha value is -2.20. The van der Waals surface area contributed by atoms with E-state index in [0.717, 1.165) is 18.7 Å². The Balaban J connectivity index is 1.99. The molecule has 0 spiro atoms. The van der Waals surface area contributed by atoms with Crippen molar-refractivity contribution in [1.82, 2.24) is 14.5 Å². The Labute approximate surface area is 124 Å². The predicted molar refractivity (Wildman–Crippen MR) is 85.0 cm³/mol. The molecule has 3 rings (SSSR count). The fourth-order valence-corrected chi connectivity index (χ4v) is 2.61. The molecule has 0 fully saturated rings. The number of nitrogens with zero attached hydrogens (tertiary/aromatic N) is 3. The van der Waals surface area contributed by atoms with Crippen LogP contribution in [0.4, 0.5) is 0 Å². The molecule has 0 bridgehead atoms. The summed E-state index contributed by atoms with van der Waals surface area (Å²) < 4.78 is 2.21. The van der Waals surface area contributed by atoms with Gasteiger partial charge in [-0.25, -0.2) is 9.97 Å². The first-order valence-corrected chi connectivity index (χ1v) is 7.36. The highest BCUT2D eigenvalue weighted by molar-refractivity contribution is 5.84. The maximum absolute atomic E-state index is 6.12. The number of benzene rings is 1. The Morgan fingerprint density at radius 2 is 1.90 bits per heavy atom. The molecule has 0 amide bonds. The molecule has 4 nitrogen and oxygen atoms in total. The van der Waals surface area contributed by atoms with Crippen molar-refractivity contribution in [1.29, 1.82) is 0 Å². The highest BCUT2D eigenvalue weighted by Crippen LogP contribution is 2.23. The van der Waals surface area contributed by atoms with E-state index >= 15 is 0 Å². The van der Waals surface area contributed by atoms with Crippen LogP contribution in [0.15, 0.2) is 48.9 Å². The molecular weight excluding hydrogens is 260 g/mol. The summed E-state index contributed by atoms with van der Waals surface area (Å²) in [5.41, 5.74) is 8.64. The van der Waals surface area contributed by atoms with Crippen LogP contribution in [0.1, 0.15) is 24.7 Å². The van der Waals surface area contributed by atoms with Crippen molar-refractivity contribution < 1.29 is 0 Å². The number of hydrogen-bond donors (Lipinski definition) is 1. The monoisotopic (exact) mass is 280 g/mol. The van der Waals surface area contributed by atoms with E-state index in [0.29, 0.717) is 6.54 Å². The largest absolute Gasteiger partial charge is 0.340 e. The Morgan fingerprint density at radius 1 is 1.14 bits per heavy atom. The van der Waals surface area contributed by atoms with Gasteiger partial charge in [0.1, 0.15) is 5.82 Å². The van der Waals surface area contributed by atoms with E-state index in [2.05, 4.69) is 51.9 Å². The van der Waals surface area contributed by atoms with Crippen molar-refractivity contribution in [3.05, 3.63) is 60.3 Å². The van der Waals surface area contributed by atoms with Crippen LogP contribution in [0, 0.1) is 0 Å². The van der Waals surface area contributed by atoms with Gasteiger partial charge in [0.25, 0.3) is 0 Å². The van der Waals surface area contributed by atoms with Gasteiger partial charge in [0.05, 0.1) is 6.54 Å². The second kappa shape index (κ2) is 6.06. The van der Waals surface area contributed by atoms with Crippen LogP contribution < -0.4 is 5.73 Å². The topological polar surface area (TPSA) is 56.7 Å². The van der Waals surface area contributed by atoms with E-state index in [9.17, 15) is 0 Å². The SMILES string of the molecule is CCC(N)Cc1cn(Cc2ncccn2)c2ccccc12. The molecule has 0 aliphatic heterocycles. The molecular formula is C17H20N4. The first kappa shape index (κ1) is 13.8. The van der Waals surface area contributed by atoms with Gasteiger partial charge in [0, 0.05) is 35.5 Å². The molecule has 0 saturated heterocycles. The third-order valence-corrected chi connectivity index (χ3v) is 3.81. The van der Waals surface area contributed by atoms with Crippen LogP contribution in [0.5, 0.6) is 0 Å². The average Bonchev–Trinajstić information content (AvgIpc) is 2.86. The lowest BCUT2D eigenvalue weighted by Gasteiger charge is -2.06. The molecule has 1 unspecified atom stereocenters. The summed E-state index contributed by atoms with van der Waals surface area (Å²) in [4.78, 5) is 8.62. The van der Waals surface area contributed by atoms with Crippen LogP contribution in [0.25, 0.3) is 10.9 Å². The molecule has 2 N–H and O–H groups in total. The van der Waals surface area contributed by atoms with Crippen LogP contribution in [-0.4, -0.2) is 20.6 Å². The zero-order valence-corrected chi connectivity index (χ0v) is 12.2. The van der Waals surface area contributed by atoms with Gasteiger partial charge in [-0.1, -0.05) is 25.1 Å². The molecule has 1 aromatic carbocycles. The van der Waals surface area contributed by atoms with Crippen LogP contribution in [0.2, 0.25) is 0 Å². The number of nitrogens with two attached hydrogens (primary N) is 1. The molecule has 2 aromatic heterocycles. The summed E-state index contributed by atoms with van der Waals surface area (Å²) in [5, 5.41) is 1.28. The molecule has 0 aliphatic rings. The first-order chi connectivity index (χ1) is 10.3. The highest BCUT2D eigenvalue weighted by Gasteiger charge is 2.11. The molecule has 2 heterocycles. The van der Waals surface area contributed by atoms with Gasteiger partial charge in [-0.05, 0) is 30.5 Å². The molecule has 1 atom stereocenters. The molecule has 0 aliphatic carbocycles. The van der Waals surface area contributed by atoms with E-state index in [4.69, 9.17) is 5.73 Å². The fraction of sp³-hybridized carbons (Fsp3) is 0.294. The summed E-state index contributed by atoms with van der Waals surface area (Å²) in [6.45, 7) is 2.81. The van der Waals surface area contributed by atoms with Gasteiger partial charge >= 0.3 is 0 Å². The Bertz CT molecular complexity index is 718. The van der Waals surface area contributed by atoms with Crippen LogP contribution in [-0.2, 0) is 13.0 Å². The lowest BCUT2D eigenvalue weighted by molar-refractivity contribution is 0.646. The Morgan fingerprint density at radius 3 is 2.67 bits per heavy atom. The molecule has 4 heteroatoms. The standard InChI is InChI=1S/C17H20N4/c1-2-14(18)10-13-11-21(12-17-19-8-5-9-20-17)16-7-4-3-6-15(13)16/h3-9,11,14H,2,10,12,18H2,1H3. The number of hydrogen-bond acceptors (Lipinski definition) is 3. The minimum Gasteiger partial charge on any atom is -0.340 e. The van der Waals surface area contributed by atoms with Gasteiger partial charge in [-0.15, -0.1) is 0 Å². The molecule has 21 heavy (non-hydrogen) atoms. The molecule has 3 aromatic rings. The van der Waals surface area contributed by atoms with Crippen molar-refractivity contribution in [3.63, 3.8) is 0 Å². The van der Waals surface area contributed by atoms with Crippen LogP contribution in [0.3, 0.4) is 0 Å². The first-order valence-electron chi connectivity index (χ1n) is 7.36. The quantitative estimate of drug-likeness (QED) is 0.782. The van der Waals surface area contributed by atoms with E-state index < -0.39 is 0 Å². The van der Waals surface area contributed by atoms with E-state index in [1.807, 2.05) is 6.07 Å². The van der Waals surface area contributed by atoms with Gasteiger partial charge in [-0.2, -0.15) is 0 Å². The third kappa shape index (κ3) is 2.95. The summed E-state index contributed by atoms with van der Waals surface area (Å²) in [6, 6.07) is 10.5. The van der Waals surface area contributed by atoms with E-state index in [-0.39, 0.29) is 6.04 Å². The normalized spacial score (nSPS) is 12.7. The Kier molecular flexibility index (Phi) is 3.97. The number of para-hydroxylation sites is 1. The van der Waals surface area contributed by atoms with Gasteiger partial charge < -0.3 is 10.3 Å². The van der Waals surface area contributed by atoms with Crippen molar-refractivity contribution in [3.8, 4) is 0 Å². The van der Waals surface area contributed by atoms with Gasteiger partial charge in [0.2, 0.25) is 0 Å². The highest BCUT2D eigenvalue weighted by atomic mass is 15.0. The summed E-state index contributed by atoms with van der Waals surface area (Å²) in [7, 11) is 0. The lowest BCUT2D eigenvalue weighted by Crippen LogP contribution is -2.21. The number of fused-ring (bicyclic) bond motifs is 1. The summed E-state index contributed by atoms with van der Waals surface area (Å²) in [5.74, 6) is 0.824. The molecule has 0 saturated carbocycles.